The van der Waals surface area contributed by atoms with Gasteiger partial charge in [-0.3, -0.25) is 9.36 Å². The summed E-state index contributed by atoms with van der Waals surface area (Å²) in [6.07, 6.45) is 5.76. The van der Waals surface area contributed by atoms with Crippen LogP contribution in [0, 0.1) is 0 Å². The van der Waals surface area contributed by atoms with Gasteiger partial charge in [-0.1, -0.05) is 13.8 Å². The zero-order valence-corrected chi connectivity index (χ0v) is 11.3. The van der Waals surface area contributed by atoms with E-state index < -0.39 is 0 Å². The van der Waals surface area contributed by atoms with Gasteiger partial charge in [0, 0.05) is 24.8 Å². The van der Waals surface area contributed by atoms with Crippen molar-refractivity contribution in [2.45, 2.75) is 39.3 Å². The zero-order valence-electron chi connectivity index (χ0n) is 11.3. The standard InChI is InChI=1S/C13H21N5/c1-4-11-6-12(17(3)16-11)9-18-8-10(7-15-18)13(14)5-2/h6-8,13H,4-5,9,14H2,1-3H3. The minimum atomic E-state index is 0.0801. The first-order valence-corrected chi connectivity index (χ1v) is 6.43. The summed E-state index contributed by atoms with van der Waals surface area (Å²) in [6.45, 7) is 4.93. The summed E-state index contributed by atoms with van der Waals surface area (Å²) < 4.78 is 3.83. The molecule has 0 aliphatic heterocycles. The van der Waals surface area contributed by atoms with Gasteiger partial charge in [-0.15, -0.1) is 0 Å². The first-order chi connectivity index (χ1) is 8.63. The van der Waals surface area contributed by atoms with E-state index in [9.17, 15) is 0 Å². The van der Waals surface area contributed by atoms with E-state index in [1.165, 1.54) is 0 Å². The highest BCUT2D eigenvalue weighted by Gasteiger charge is 2.08. The van der Waals surface area contributed by atoms with E-state index in [4.69, 9.17) is 5.73 Å². The van der Waals surface area contributed by atoms with Gasteiger partial charge in [0.1, 0.15) is 0 Å². The second-order valence-electron chi connectivity index (χ2n) is 4.59. The lowest BCUT2D eigenvalue weighted by Gasteiger charge is -2.04. The molecule has 0 aliphatic carbocycles. The Balaban J connectivity index is 2.13. The summed E-state index contributed by atoms with van der Waals surface area (Å²) in [5, 5.41) is 8.79. The molecule has 0 fully saturated rings. The Hall–Kier alpha value is -1.62. The van der Waals surface area contributed by atoms with Crippen molar-refractivity contribution in [3.63, 3.8) is 0 Å². The number of aryl methyl sites for hydroxylation is 2. The smallest absolute Gasteiger partial charge is 0.0828 e. The summed E-state index contributed by atoms with van der Waals surface area (Å²) in [6, 6.07) is 2.21. The Morgan fingerprint density at radius 2 is 2.17 bits per heavy atom. The monoisotopic (exact) mass is 247 g/mol. The van der Waals surface area contributed by atoms with Gasteiger partial charge in [0.15, 0.2) is 0 Å². The highest BCUT2D eigenvalue weighted by molar-refractivity contribution is 5.13. The van der Waals surface area contributed by atoms with Crippen molar-refractivity contribution in [2.24, 2.45) is 12.8 Å². The van der Waals surface area contributed by atoms with E-state index >= 15 is 0 Å². The minimum absolute atomic E-state index is 0.0801. The van der Waals surface area contributed by atoms with E-state index in [0.29, 0.717) is 0 Å². The van der Waals surface area contributed by atoms with E-state index in [0.717, 1.165) is 36.3 Å². The Kier molecular flexibility index (Phi) is 3.81. The molecule has 0 saturated carbocycles. The molecule has 0 aliphatic rings. The maximum absolute atomic E-state index is 5.99. The van der Waals surface area contributed by atoms with Crippen LogP contribution in [0.2, 0.25) is 0 Å². The number of nitrogens with two attached hydrogens (primary N) is 1. The molecule has 0 saturated heterocycles. The summed E-state index contributed by atoms with van der Waals surface area (Å²) >= 11 is 0. The van der Waals surface area contributed by atoms with Crippen LogP contribution >= 0.6 is 0 Å². The van der Waals surface area contributed by atoms with Crippen molar-refractivity contribution in [3.8, 4) is 0 Å². The van der Waals surface area contributed by atoms with Crippen molar-refractivity contribution < 1.29 is 0 Å². The number of hydrogen-bond acceptors (Lipinski definition) is 3. The van der Waals surface area contributed by atoms with Crippen LogP contribution in [0.25, 0.3) is 0 Å². The van der Waals surface area contributed by atoms with Crippen LogP contribution in [0.4, 0.5) is 0 Å². The summed E-state index contributed by atoms with van der Waals surface area (Å²) in [4.78, 5) is 0. The summed E-state index contributed by atoms with van der Waals surface area (Å²) in [7, 11) is 1.97. The average Bonchev–Trinajstić information content (AvgIpc) is 2.97. The SMILES string of the molecule is CCc1cc(Cn2cc(C(N)CC)cn2)n(C)n1. The second-order valence-corrected chi connectivity index (χ2v) is 4.59. The fraction of sp³-hybridized carbons (Fsp3) is 0.538. The number of aromatic nitrogens is 4. The lowest BCUT2D eigenvalue weighted by Crippen LogP contribution is -2.08. The van der Waals surface area contributed by atoms with Gasteiger partial charge in [0.25, 0.3) is 0 Å². The van der Waals surface area contributed by atoms with E-state index in [2.05, 4.69) is 30.1 Å². The van der Waals surface area contributed by atoms with Crippen molar-refractivity contribution in [1.29, 1.82) is 0 Å². The molecule has 2 aromatic heterocycles. The van der Waals surface area contributed by atoms with Crippen LogP contribution in [0.15, 0.2) is 18.5 Å². The van der Waals surface area contributed by atoms with Crippen molar-refractivity contribution in [2.75, 3.05) is 0 Å². The molecule has 2 aromatic rings. The van der Waals surface area contributed by atoms with E-state index in [1.54, 1.807) is 0 Å². The van der Waals surface area contributed by atoms with Crippen molar-refractivity contribution in [3.05, 3.63) is 35.4 Å². The number of nitrogens with zero attached hydrogens (tertiary/aromatic N) is 4. The predicted molar refractivity (Wildman–Crippen MR) is 71.1 cm³/mol. The predicted octanol–water partition coefficient (Wildman–Crippen LogP) is 1.64. The first kappa shape index (κ1) is 12.8. The molecule has 18 heavy (non-hydrogen) atoms. The second kappa shape index (κ2) is 5.35. The molecule has 1 atom stereocenters. The van der Waals surface area contributed by atoms with Crippen LogP contribution in [0.3, 0.4) is 0 Å². The third-order valence-corrected chi connectivity index (χ3v) is 3.23. The molecule has 2 N–H and O–H groups in total. The largest absolute Gasteiger partial charge is 0.324 e. The molecule has 2 heterocycles. The Morgan fingerprint density at radius 1 is 1.39 bits per heavy atom. The van der Waals surface area contributed by atoms with Gasteiger partial charge in [0.05, 0.1) is 24.1 Å². The zero-order chi connectivity index (χ0) is 13.1. The lowest BCUT2D eigenvalue weighted by molar-refractivity contribution is 0.615. The third kappa shape index (κ3) is 2.61. The average molecular weight is 247 g/mol. The normalized spacial score (nSPS) is 12.9. The molecule has 0 radical (unpaired) electrons. The molecule has 5 nitrogen and oxygen atoms in total. The maximum atomic E-state index is 5.99. The summed E-state index contributed by atoms with van der Waals surface area (Å²) in [5.74, 6) is 0. The van der Waals surface area contributed by atoms with Gasteiger partial charge < -0.3 is 5.73 Å². The van der Waals surface area contributed by atoms with Crippen LogP contribution in [0.1, 0.15) is 43.3 Å². The lowest BCUT2D eigenvalue weighted by atomic mass is 10.1. The van der Waals surface area contributed by atoms with Crippen LogP contribution < -0.4 is 5.73 Å². The Morgan fingerprint density at radius 3 is 2.78 bits per heavy atom. The molecule has 0 aromatic carbocycles. The molecule has 0 spiro atoms. The van der Waals surface area contributed by atoms with E-state index in [-0.39, 0.29) is 6.04 Å². The molecule has 0 bridgehead atoms. The fourth-order valence-electron chi connectivity index (χ4n) is 1.95. The summed E-state index contributed by atoms with van der Waals surface area (Å²) in [5.41, 5.74) is 9.35. The first-order valence-electron chi connectivity index (χ1n) is 6.43. The van der Waals surface area contributed by atoms with Crippen molar-refractivity contribution in [1.82, 2.24) is 19.6 Å². The number of rotatable bonds is 5. The molecule has 0 amide bonds. The van der Waals surface area contributed by atoms with Gasteiger partial charge in [-0.25, -0.2) is 0 Å². The minimum Gasteiger partial charge on any atom is -0.324 e. The fourth-order valence-corrected chi connectivity index (χ4v) is 1.95. The maximum Gasteiger partial charge on any atom is 0.0828 e. The van der Waals surface area contributed by atoms with Crippen LogP contribution in [0.5, 0.6) is 0 Å². The van der Waals surface area contributed by atoms with Crippen molar-refractivity contribution >= 4 is 0 Å². The van der Waals surface area contributed by atoms with Crippen LogP contribution in [-0.4, -0.2) is 19.6 Å². The molecule has 98 valence electrons. The van der Waals surface area contributed by atoms with Gasteiger partial charge in [0.2, 0.25) is 0 Å². The Labute approximate surface area is 108 Å². The van der Waals surface area contributed by atoms with Gasteiger partial charge >= 0.3 is 0 Å². The molecule has 2 rings (SSSR count). The molecular formula is C13H21N5. The molecule has 1 unspecified atom stereocenters. The Bertz CT molecular complexity index is 511. The highest BCUT2D eigenvalue weighted by Crippen LogP contribution is 2.13. The molecular weight excluding hydrogens is 226 g/mol. The van der Waals surface area contributed by atoms with Gasteiger partial charge in [-0.05, 0) is 18.9 Å². The van der Waals surface area contributed by atoms with E-state index in [1.807, 2.05) is 28.8 Å². The topological polar surface area (TPSA) is 61.7 Å². The van der Waals surface area contributed by atoms with Crippen LogP contribution in [-0.2, 0) is 20.0 Å². The quantitative estimate of drug-likeness (QED) is 0.873. The molecule has 5 heteroatoms. The number of hydrogen-bond donors (Lipinski definition) is 1. The highest BCUT2D eigenvalue weighted by atomic mass is 15.3. The van der Waals surface area contributed by atoms with Gasteiger partial charge in [-0.2, -0.15) is 10.2 Å². The third-order valence-electron chi connectivity index (χ3n) is 3.23.